The maximum atomic E-state index is 11.4. The van der Waals surface area contributed by atoms with Crippen LogP contribution in [0, 0.1) is 5.92 Å². The lowest BCUT2D eigenvalue weighted by Crippen LogP contribution is -2.16. The van der Waals surface area contributed by atoms with Crippen LogP contribution in [0.2, 0.25) is 0 Å². The Morgan fingerprint density at radius 1 is 1.08 bits per heavy atom. The lowest BCUT2D eigenvalue weighted by Gasteiger charge is -2.09. The first-order valence-electron chi connectivity index (χ1n) is 4.70. The Labute approximate surface area is 74.3 Å². The molecule has 0 amide bonds. The smallest absolute Gasteiger partial charge is 0.143 e. The molecule has 0 rings (SSSR count). The van der Waals surface area contributed by atoms with Crippen molar-refractivity contribution in [3.63, 3.8) is 0 Å². The fourth-order valence-corrected chi connectivity index (χ4v) is 1.21. The first-order valence-corrected chi connectivity index (χ1v) is 4.70. The van der Waals surface area contributed by atoms with Gasteiger partial charge in [-0.25, -0.2) is 0 Å². The van der Waals surface area contributed by atoms with E-state index >= 15 is 0 Å². The van der Waals surface area contributed by atoms with Gasteiger partial charge >= 0.3 is 0 Å². The summed E-state index contributed by atoms with van der Waals surface area (Å²) in [6, 6.07) is 0. The highest BCUT2D eigenvalue weighted by Gasteiger charge is 2.16. The van der Waals surface area contributed by atoms with Gasteiger partial charge in [-0.2, -0.15) is 0 Å². The van der Waals surface area contributed by atoms with Gasteiger partial charge in [0.1, 0.15) is 11.6 Å². The standard InChI is InChI=1S/C10H18O2/c1-4-8(5-2)10(12)7-9(11)6-3/h8H,4-7H2,1-3H3. The fourth-order valence-electron chi connectivity index (χ4n) is 1.21. The average molecular weight is 170 g/mol. The number of hydrogen-bond donors (Lipinski definition) is 0. The second kappa shape index (κ2) is 5.92. The molecule has 0 saturated carbocycles. The zero-order valence-electron chi connectivity index (χ0n) is 8.22. The molecular weight excluding hydrogens is 152 g/mol. The maximum absolute atomic E-state index is 11.4. The summed E-state index contributed by atoms with van der Waals surface area (Å²) >= 11 is 0. The van der Waals surface area contributed by atoms with Crippen molar-refractivity contribution in [2.75, 3.05) is 0 Å². The summed E-state index contributed by atoms with van der Waals surface area (Å²) < 4.78 is 0. The summed E-state index contributed by atoms with van der Waals surface area (Å²) in [5.74, 6) is 0.277. The quantitative estimate of drug-likeness (QED) is 0.573. The summed E-state index contributed by atoms with van der Waals surface area (Å²) in [7, 11) is 0. The van der Waals surface area contributed by atoms with E-state index in [0.29, 0.717) is 6.42 Å². The van der Waals surface area contributed by atoms with Crippen LogP contribution >= 0.6 is 0 Å². The lowest BCUT2D eigenvalue weighted by molar-refractivity contribution is -0.129. The monoisotopic (exact) mass is 170 g/mol. The van der Waals surface area contributed by atoms with E-state index in [1.807, 2.05) is 13.8 Å². The van der Waals surface area contributed by atoms with Gasteiger partial charge in [0.2, 0.25) is 0 Å². The molecule has 0 radical (unpaired) electrons. The molecule has 12 heavy (non-hydrogen) atoms. The van der Waals surface area contributed by atoms with Crippen LogP contribution in [0.25, 0.3) is 0 Å². The molecule has 2 heteroatoms. The minimum atomic E-state index is 0.0619. The molecule has 0 heterocycles. The molecule has 0 bridgehead atoms. The van der Waals surface area contributed by atoms with E-state index in [1.54, 1.807) is 6.92 Å². The van der Waals surface area contributed by atoms with E-state index < -0.39 is 0 Å². The number of rotatable bonds is 6. The topological polar surface area (TPSA) is 34.1 Å². The Morgan fingerprint density at radius 3 is 1.92 bits per heavy atom. The van der Waals surface area contributed by atoms with Crippen molar-refractivity contribution in [3.05, 3.63) is 0 Å². The molecule has 2 nitrogen and oxygen atoms in total. The van der Waals surface area contributed by atoms with Crippen LogP contribution in [0.3, 0.4) is 0 Å². The molecule has 0 aliphatic heterocycles. The van der Waals surface area contributed by atoms with Crippen LogP contribution in [0.5, 0.6) is 0 Å². The number of hydrogen-bond acceptors (Lipinski definition) is 2. The van der Waals surface area contributed by atoms with E-state index in [1.165, 1.54) is 0 Å². The van der Waals surface area contributed by atoms with E-state index in [2.05, 4.69) is 0 Å². The summed E-state index contributed by atoms with van der Waals surface area (Å²) in [5, 5.41) is 0. The van der Waals surface area contributed by atoms with Crippen molar-refractivity contribution in [1.82, 2.24) is 0 Å². The van der Waals surface area contributed by atoms with Crippen molar-refractivity contribution in [2.45, 2.75) is 46.5 Å². The van der Waals surface area contributed by atoms with Gasteiger partial charge in [0, 0.05) is 12.3 Å². The number of ketones is 2. The van der Waals surface area contributed by atoms with E-state index in [9.17, 15) is 9.59 Å². The van der Waals surface area contributed by atoms with E-state index in [4.69, 9.17) is 0 Å². The van der Waals surface area contributed by atoms with Crippen molar-refractivity contribution in [1.29, 1.82) is 0 Å². The Balaban J connectivity index is 3.92. The Bertz CT molecular complexity index is 157. The first-order chi connectivity index (χ1) is 5.65. The summed E-state index contributed by atoms with van der Waals surface area (Å²) in [6.07, 6.45) is 2.33. The average Bonchev–Trinajstić information content (AvgIpc) is 2.06. The van der Waals surface area contributed by atoms with Crippen LogP contribution in [-0.4, -0.2) is 11.6 Å². The van der Waals surface area contributed by atoms with Crippen molar-refractivity contribution in [3.8, 4) is 0 Å². The molecule has 0 fully saturated rings. The molecule has 0 saturated heterocycles. The Morgan fingerprint density at radius 2 is 1.58 bits per heavy atom. The van der Waals surface area contributed by atoms with Gasteiger partial charge in [0.15, 0.2) is 0 Å². The van der Waals surface area contributed by atoms with Crippen molar-refractivity contribution in [2.24, 2.45) is 5.92 Å². The Kier molecular flexibility index (Phi) is 5.60. The highest BCUT2D eigenvalue weighted by atomic mass is 16.1. The molecule has 0 unspecified atom stereocenters. The zero-order chi connectivity index (χ0) is 9.56. The number of Topliss-reactive ketones (excluding diaryl/α,β-unsaturated/α-hetero) is 2. The molecule has 70 valence electrons. The highest BCUT2D eigenvalue weighted by Crippen LogP contribution is 2.11. The van der Waals surface area contributed by atoms with Gasteiger partial charge in [-0.15, -0.1) is 0 Å². The van der Waals surface area contributed by atoms with Gasteiger partial charge in [-0.05, 0) is 12.8 Å². The van der Waals surface area contributed by atoms with Gasteiger partial charge in [0.25, 0.3) is 0 Å². The van der Waals surface area contributed by atoms with Crippen LogP contribution in [-0.2, 0) is 9.59 Å². The third-order valence-electron chi connectivity index (χ3n) is 2.21. The molecule has 0 spiro atoms. The minimum Gasteiger partial charge on any atom is -0.299 e. The third-order valence-corrected chi connectivity index (χ3v) is 2.21. The second-order valence-corrected chi connectivity index (χ2v) is 3.05. The minimum absolute atomic E-state index is 0.0619. The first kappa shape index (κ1) is 11.3. The summed E-state index contributed by atoms with van der Waals surface area (Å²) in [6.45, 7) is 5.77. The number of carbonyl (C=O) groups excluding carboxylic acids is 2. The van der Waals surface area contributed by atoms with Gasteiger partial charge in [-0.1, -0.05) is 20.8 Å². The second-order valence-electron chi connectivity index (χ2n) is 3.05. The predicted molar refractivity (Wildman–Crippen MR) is 49.0 cm³/mol. The van der Waals surface area contributed by atoms with Crippen LogP contribution in [0.4, 0.5) is 0 Å². The highest BCUT2D eigenvalue weighted by molar-refractivity contribution is 5.99. The zero-order valence-corrected chi connectivity index (χ0v) is 8.22. The largest absolute Gasteiger partial charge is 0.299 e. The number of carbonyl (C=O) groups is 2. The predicted octanol–water partition coefficient (Wildman–Crippen LogP) is 2.36. The molecule has 0 aromatic heterocycles. The Hall–Kier alpha value is -0.660. The van der Waals surface area contributed by atoms with Gasteiger partial charge < -0.3 is 0 Å². The van der Waals surface area contributed by atoms with Crippen LogP contribution in [0.1, 0.15) is 46.5 Å². The summed E-state index contributed by atoms with van der Waals surface area (Å²) in [5.41, 5.74) is 0. The molecule has 0 aliphatic carbocycles. The maximum Gasteiger partial charge on any atom is 0.143 e. The normalized spacial score (nSPS) is 10.3. The van der Waals surface area contributed by atoms with E-state index in [-0.39, 0.29) is 23.9 Å². The SMILES string of the molecule is CCC(=O)CC(=O)C(CC)CC. The third kappa shape index (κ3) is 3.65. The molecule has 0 atom stereocenters. The van der Waals surface area contributed by atoms with Crippen molar-refractivity contribution >= 4 is 11.6 Å². The molecular formula is C10H18O2. The van der Waals surface area contributed by atoms with Gasteiger partial charge in [0.05, 0.1) is 6.42 Å². The molecule has 0 aromatic rings. The van der Waals surface area contributed by atoms with E-state index in [0.717, 1.165) is 12.8 Å². The van der Waals surface area contributed by atoms with Crippen LogP contribution in [0.15, 0.2) is 0 Å². The fraction of sp³-hybridized carbons (Fsp3) is 0.800. The van der Waals surface area contributed by atoms with Gasteiger partial charge in [-0.3, -0.25) is 9.59 Å². The summed E-state index contributed by atoms with van der Waals surface area (Å²) in [4.78, 5) is 22.3. The van der Waals surface area contributed by atoms with Crippen molar-refractivity contribution < 1.29 is 9.59 Å². The molecule has 0 aromatic carbocycles. The molecule has 0 N–H and O–H groups in total. The lowest BCUT2D eigenvalue weighted by atomic mass is 9.94. The van der Waals surface area contributed by atoms with Crippen LogP contribution < -0.4 is 0 Å². The molecule has 0 aliphatic rings.